The van der Waals surface area contributed by atoms with E-state index in [0.29, 0.717) is 28.6 Å². The van der Waals surface area contributed by atoms with Crippen LogP contribution in [0, 0.1) is 12.8 Å². The largest absolute Gasteiger partial charge is 0.444 e. The highest BCUT2D eigenvalue weighted by Crippen LogP contribution is 2.31. The molecule has 7 nitrogen and oxygen atoms in total. The van der Waals surface area contributed by atoms with Crippen LogP contribution in [0.1, 0.15) is 84.0 Å². The van der Waals surface area contributed by atoms with E-state index in [-0.39, 0.29) is 24.4 Å². The molecule has 2 rings (SSSR count). The first-order chi connectivity index (χ1) is 18.2. The Bertz CT molecular complexity index is 1110. The van der Waals surface area contributed by atoms with E-state index in [4.69, 9.17) is 16.3 Å². The molecule has 2 atom stereocenters. The molecule has 0 radical (unpaired) electrons. The van der Waals surface area contributed by atoms with E-state index >= 15 is 0 Å². The lowest BCUT2D eigenvalue weighted by Crippen LogP contribution is -2.50. The standard InChI is InChI=1S/C31H44ClN3O4/c1-9-23-15-17-24(18-16-23)28(29(37)34-27-21(4)11-10-12-25(27)32)35(22(5)14-13-20(2)3)26(36)19-33-30(38)39-31(6,7)8/h10-12,15-18,20,22,28H,9,13-14,19H2,1-8H3,(H,33,38)(H,34,37). The summed E-state index contributed by atoms with van der Waals surface area (Å²) in [4.78, 5) is 41.7. The van der Waals surface area contributed by atoms with Gasteiger partial charge in [-0.3, -0.25) is 9.59 Å². The number of ether oxygens (including phenoxy) is 1. The van der Waals surface area contributed by atoms with Crippen LogP contribution >= 0.6 is 11.6 Å². The predicted octanol–water partition coefficient (Wildman–Crippen LogP) is 7.07. The van der Waals surface area contributed by atoms with Crippen LogP contribution in [0.3, 0.4) is 0 Å². The number of aryl methyl sites for hydroxylation is 2. The second kappa shape index (κ2) is 14.4. The number of hydrogen-bond acceptors (Lipinski definition) is 4. The molecular formula is C31H44ClN3O4. The van der Waals surface area contributed by atoms with Gasteiger partial charge in [0, 0.05) is 6.04 Å². The number of halogens is 1. The quantitative estimate of drug-likeness (QED) is 0.309. The van der Waals surface area contributed by atoms with Crippen molar-refractivity contribution in [2.45, 2.75) is 92.3 Å². The van der Waals surface area contributed by atoms with Gasteiger partial charge in [0.15, 0.2) is 0 Å². The maximum Gasteiger partial charge on any atom is 0.408 e. The van der Waals surface area contributed by atoms with Crippen molar-refractivity contribution in [3.8, 4) is 0 Å². The van der Waals surface area contributed by atoms with E-state index in [0.717, 1.165) is 24.0 Å². The molecule has 0 bridgehead atoms. The van der Waals surface area contributed by atoms with E-state index in [2.05, 4.69) is 31.4 Å². The molecule has 0 aliphatic carbocycles. The first-order valence-corrected chi connectivity index (χ1v) is 14.0. The fourth-order valence-electron chi connectivity index (χ4n) is 4.27. The van der Waals surface area contributed by atoms with Gasteiger partial charge < -0.3 is 20.3 Å². The van der Waals surface area contributed by atoms with Crippen LogP contribution in [0.25, 0.3) is 0 Å². The van der Waals surface area contributed by atoms with Crippen molar-refractivity contribution < 1.29 is 19.1 Å². The lowest BCUT2D eigenvalue weighted by molar-refractivity contribution is -0.140. The minimum absolute atomic E-state index is 0.283. The van der Waals surface area contributed by atoms with Crippen molar-refractivity contribution >= 4 is 35.2 Å². The molecule has 2 unspecified atom stereocenters. The molecule has 39 heavy (non-hydrogen) atoms. The zero-order valence-corrected chi connectivity index (χ0v) is 25.3. The van der Waals surface area contributed by atoms with Crippen LogP contribution in [0.4, 0.5) is 10.5 Å². The summed E-state index contributed by atoms with van der Waals surface area (Å²) in [6, 6.07) is 11.9. The monoisotopic (exact) mass is 557 g/mol. The molecule has 0 aromatic heterocycles. The second-order valence-electron chi connectivity index (χ2n) is 11.4. The number of rotatable bonds is 11. The third kappa shape index (κ3) is 9.88. The number of amides is 3. The Morgan fingerprint density at radius 2 is 1.64 bits per heavy atom. The average Bonchev–Trinajstić information content (AvgIpc) is 2.85. The number of nitrogens with one attached hydrogen (secondary N) is 2. The molecule has 2 aromatic carbocycles. The Balaban J connectivity index is 2.51. The summed E-state index contributed by atoms with van der Waals surface area (Å²) in [6.07, 6.45) is 1.73. The number of hydrogen-bond donors (Lipinski definition) is 2. The van der Waals surface area contributed by atoms with Gasteiger partial charge in [0.25, 0.3) is 5.91 Å². The molecule has 0 aliphatic heterocycles. The number of anilines is 1. The fraction of sp³-hybridized carbons (Fsp3) is 0.516. The topological polar surface area (TPSA) is 87.7 Å². The molecular weight excluding hydrogens is 514 g/mol. The van der Waals surface area contributed by atoms with E-state index in [1.807, 2.05) is 50.2 Å². The summed E-state index contributed by atoms with van der Waals surface area (Å²) < 4.78 is 5.32. The van der Waals surface area contributed by atoms with E-state index in [9.17, 15) is 14.4 Å². The van der Waals surface area contributed by atoms with Crippen molar-refractivity contribution in [2.24, 2.45) is 5.92 Å². The number of carbonyl (C=O) groups excluding carboxylic acids is 3. The maximum absolute atomic E-state index is 14.0. The van der Waals surface area contributed by atoms with E-state index < -0.39 is 17.7 Å². The Morgan fingerprint density at radius 1 is 1.00 bits per heavy atom. The second-order valence-corrected chi connectivity index (χ2v) is 11.8. The molecule has 0 saturated carbocycles. The van der Waals surface area contributed by atoms with Crippen molar-refractivity contribution in [1.29, 1.82) is 0 Å². The number of alkyl carbamates (subject to hydrolysis) is 1. The Labute approximate surface area is 238 Å². The van der Waals surface area contributed by atoms with Gasteiger partial charge in [-0.15, -0.1) is 0 Å². The van der Waals surface area contributed by atoms with E-state index in [1.165, 1.54) is 0 Å². The summed E-state index contributed by atoms with van der Waals surface area (Å²) in [6.45, 7) is 15.1. The normalized spacial score (nSPS) is 13.0. The van der Waals surface area contributed by atoms with Gasteiger partial charge in [-0.1, -0.05) is 68.8 Å². The van der Waals surface area contributed by atoms with Crippen molar-refractivity contribution in [3.63, 3.8) is 0 Å². The highest BCUT2D eigenvalue weighted by molar-refractivity contribution is 6.34. The Kier molecular flexibility index (Phi) is 11.8. The van der Waals surface area contributed by atoms with Crippen molar-refractivity contribution in [1.82, 2.24) is 10.2 Å². The molecule has 0 spiro atoms. The minimum Gasteiger partial charge on any atom is -0.444 e. The minimum atomic E-state index is -0.943. The van der Waals surface area contributed by atoms with Crippen molar-refractivity contribution in [2.75, 3.05) is 11.9 Å². The van der Waals surface area contributed by atoms with Crippen LogP contribution in [0.2, 0.25) is 5.02 Å². The Morgan fingerprint density at radius 3 is 2.18 bits per heavy atom. The first-order valence-electron chi connectivity index (χ1n) is 13.7. The molecule has 214 valence electrons. The molecule has 0 aliphatic rings. The van der Waals surface area contributed by atoms with Crippen LogP contribution in [0.5, 0.6) is 0 Å². The smallest absolute Gasteiger partial charge is 0.408 e. The summed E-state index contributed by atoms with van der Waals surface area (Å²) in [7, 11) is 0. The maximum atomic E-state index is 14.0. The number of carbonyl (C=O) groups is 3. The van der Waals surface area contributed by atoms with Gasteiger partial charge in [0.05, 0.1) is 10.7 Å². The molecule has 3 amide bonds. The fourth-order valence-corrected chi connectivity index (χ4v) is 4.54. The van der Waals surface area contributed by atoms with Gasteiger partial charge in [0.1, 0.15) is 18.2 Å². The highest BCUT2D eigenvalue weighted by atomic mass is 35.5. The lowest BCUT2D eigenvalue weighted by atomic mass is 9.97. The highest BCUT2D eigenvalue weighted by Gasteiger charge is 2.35. The van der Waals surface area contributed by atoms with Gasteiger partial charge in [-0.2, -0.15) is 0 Å². The average molecular weight is 558 g/mol. The van der Waals surface area contributed by atoms with Gasteiger partial charge in [0.2, 0.25) is 5.91 Å². The van der Waals surface area contributed by atoms with Crippen molar-refractivity contribution in [3.05, 3.63) is 64.2 Å². The summed E-state index contributed by atoms with van der Waals surface area (Å²) in [5.41, 5.74) is 2.42. The van der Waals surface area contributed by atoms with Gasteiger partial charge in [-0.25, -0.2) is 4.79 Å². The third-order valence-electron chi connectivity index (χ3n) is 6.41. The third-order valence-corrected chi connectivity index (χ3v) is 6.72. The number of benzene rings is 2. The van der Waals surface area contributed by atoms with E-state index in [1.54, 1.807) is 31.7 Å². The first kappa shape index (κ1) is 32.2. The summed E-state index contributed by atoms with van der Waals surface area (Å²) >= 11 is 6.43. The zero-order chi connectivity index (χ0) is 29.3. The van der Waals surface area contributed by atoms with Crippen LogP contribution in [-0.2, 0) is 20.7 Å². The predicted molar refractivity (Wildman–Crippen MR) is 158 cm³/mol. The molecule has 2 aromatic rings. The van der Waals surface area contributed by atoms with Gasteiger partial charge in [-0.05, 0) is 82.6 Å². The summed E-state index contributed by atoms with van der Waals surface area (Å²) in [5.74, 6) is -0.337. The molecule has 8 heteroatoms. The molecule has 0 saturated heterocycles. The Hall–Kier alpha value is -3.06. The lowest BCUT2D eigenvalue weighted by Gasteiger charge is -2.37. The van der Waals surface area contributed by atoms with Crippen LogP contribution in [-0.4, -0.2) is 41.0 Å². The molecule has 2 N–H and O–H groups in total. The molecule has 0 fully saturated rings. The number of nitrogens with zero attached hydrogens (tertiary/aromatic N) is 1. The van der Waals surface area contributed by atoms with Gasteiger partial charge >= 0.3 is 6.09 Å². The van der Waals surface area contributed by atoms with Crippen LogP contribution in [0.15, 0.2) is 42.5 Å². The van der Waals surface area contributed by atoms with Crippen LogP contribution < -0.4 is 10.6 Å². The number of para-hydroxylation sites is 1. The SMILES string of the molecule is CCc1ccc(C(C(=O)Nc2c(C)cccc2Cl)N(C(=O)CNC(=O)OC(C)(C)C)C(C)CCC(C)C)cc1. The summed E-state index contributed by atoms with van der Waals surface area (Å²) in [5, 5.41) is 5.96. The zero-order valence-electron chi connectivity index (χ0n) is 24.6. The molecule has 0 heterocycles.